The first kappa shape index (κ1) is 14.4. The number of ether oxygens (including phenoxy) is 1. The highest BCUT2D eigenvalue weighted by Gasteiger charge is 2.38. The summed E-state index contributed by atoms with van der Waals surface area (Å²) in [6, 6.07) is 18.1. The van der Waals surface area contributed by atoms with Crippen LogP contribution in [-0.2, 0) is 4.74 Å². The molecule has 4 rings (SSSR count). The monoisotopic (exact) mass is 305 g/mol. The molecule has 1 atom stereocenters. The molecule has 0 aromatic heterocycles. The largest absolute Gasteiger partial charge is 0.379 e. The van der Waals surface area contributed by atoms with Gasteiger partial charge in [0.2, 0.25) is 0 Å². The maximum absolute atomic E-state index is 12.9. The van der Waals surface area contributed by atoms with Crippen LogP contribution in [0.4, 0.5) is 0 Å². The van der Waals surface area contributed by atoms with Gasteiger partial charge >= 0.3 is 0 Å². The van der Waals surface area contributed by atoms with Crippen LogP contribution in [0.5, 0.6) is 0 Å². The molecule has 2 aliphatic rings. The number of nitrogens with zero attached hydrogens (tertiary/aromatic N) is 1. The van der Waals surface area contributed by atoms with Crippen molar-refractivity contribution in [2.45, 2.75) is 6.04 Å². The lowest BCUT2D eigenvalue weighted by atomic mass is 10.0. The molecule has 1 aliphatic heterocycles. The van der Waals surface area contributed by atoms with Gasteiger partial charge in [0.15, 0.2) is 5.78 Å². The molecule has 3 heteroatoms. The fourth-order valence-corrected chi connectivity index (χ4v) is 3.49. The Balaban J connectivity index is 1.80. The van der Waals surface area contributed by atoms with Crippen molar-refractivity contribution >= 4 is 11.9 Å². The van der Waals surface area contributed by atoms with Gasteiger partial charge in [-0.1, -0.05) is 54.6 Å². The van der Waals surface area contributed by atoms with Gasteiger partial charge < -0.3 is 4.74 Å². The van der Waals surface area contributed by atoms with Crippen LogP contribution in [0, 0.1) is 0 Å². The number of ketones is 1. The number of morpholine rings is 1. The Hall–Kier alpha value is -2.23. The van der Waals surface area contributed by atoms with Crippen molar-refractivity contribution in [1.82, 2.24) is 4.90 Å². The maximum atomic E-state index is 12.9. The van der Waals surface area contributed by atoms with Gasteiger partial charge in [0.25, 0.3) is 0 Å². The Kier molecular flexibility index (Phi) is 3.82. The van der Waals surface area contributed by atoms with Gasteiger partial charge in [-0.15, -0.1) is 0 Å². The summed E-state index contributed by atoms with van der Waals surface area (Å²) in [7, 11) is 0. The molecule has 1 unspecified atom stereocenters. The molecule has 0 bridgehead atoms. The second-order valence-corrected chi connectivity index (χ2v) is 5.98. The third kappa shape index (κ3) is 2.62. The first-order valence-corrected chi connectivity index (χ1v) is 8.06. The molecule has 116 valence electrons. The predicted molar refractivity (Wildman–Crippen MR) is 90.3 cm³/mol. The number of hydrogen-bond donors (Lipinski definition) is 0. The lowest BCUT2D eigenvalue weighted by Gasteiger charge is -2.33. The van der Waals surface area contributed by atoms with E-state index < -0.39 is 0 Å². The predicted octanol–water partition coefficient (Wildman–Crippen LogP) is 3.34. The molecule has 3 nitrogen and oxygen atoms in total. The van der Waals surface area contributed by atoms with Gasteiger partial charge in [-0.2, -0.15) is 0 Å². The van der Waals surface area contributed by atoms with Crippen molar-refractivity contribution in [3.63, 3.8) is 0 Å². The molecule has 1 aliphatic carbocycles. The highest BCUT2D eigenvalue weighted by atomic mass is 16.5. The van der Waals surface area contributed by atoms with Crippen LogP contribution in [0.2, 0.25) is 0 Å². The van der Waals surface area contributed by atoms with Gasteiger partial charge in [-0.3, -0.25) is 9.69 Å². The lowest BCUT2D eigenvalue weighted by molar-refractivity contribution is 0.0242. The van der Waals surface area contributed by atoms with Crippen LogP contribution in [0.25, 0.3) is 6.08 Å². The van der Waals surface area contributed by atoms with E-state index in [1.54, 1.807) is 0 Å². The summed E-state index contributed by atoms with van der Waals surface area (Å²) in [6.07, 6.45) is 2.04. The Morgan fingerprint density at radius 3 is 2.43 bits per heavy atom. The van der Waals surface area contributed by atoms with E-state index in [0.717, 1.165) is 48.6 Å². The number of hydrogen-bond acceptors (Lipinski definition) is 3. The van der Waals surface area contributed by atoms with Crippen LogP contribution >= 0.6 is 0 Å². The van der Waals surface area contributed by atoms with Crippen molar-refractivity contribution in [3.8, 4) is 0 Å². The molecule has 1 heterocycles. The highest BCUT2D eigenvalue weighted by molar-refractivity contribution is 6.16. The Labute approximate surface area is 136 Å². The van der Waals surface area contributed by atoms with Gasteiger partial charge in [0.05, 0.1) is 19.3 Å². The molecular weight excluding hydrogens is 286 g/mol. The minimum Gasteiger partial charge on any atom is -0.379 e. The molecule has 0 amide bonds. The molecule has 0 spiro atoms. The zero-order chi connectivity index (χ0) is 15.6. The van der Waals surface area contributed by atoms with Gasteiger partial charge in [-0.05, 0) is 17.2 Å². The minimum atomic E-state index is 0.0443. The summed E-state index contributed by atoms with van der Waals surface area (Å²) < 4.78 is 5.48. The molecule has 1 fully saturated rings. The zero-order valence-electron chi connectivity index (χ0n) is 12.9. The first-order valence-electron chi connectivity index (χ1n) is 8.06. The van der Waals surface area contributed by atoms with Gasteiger partial charge in [0.1, 0.15) is 0 Å². The van der Waals surface area contributed by atoms with Gasteiger partial charge in [-0.25, -0.2) is 0 Å². The van der Waals surface area contributed by atoms with Crippen LogP contribution in [0.3, 0.4) is 0 Å². The van der Waals surface area contributed by atoms with E-state index in [1.165, 1.54) is 0 Å². The van der Waals surface area contributed by atoms with Gasteiger partial charge in [0, 0.05) is 24.2 Å². The average molecular weight is 305 g/mol. The normalized spacial score (nSPS) is 23.2. The SMILES string of the molecule is O=C1C(=Cc2ccccc2)C(N2CCOCC2)c2ccccc21. The van der Waals surface area contributed by atoms with Crippen molar-refractivity contribution in [3.05, 3.63) is 76.9 Å². The second-order valence-electron chi connectivity index (χ2n) is 5.98. The number of Topliss-reactive ketones (excluding diaryl/α,β-unsaturated/α-hetero) is 1. The van der Waals surface area contributed by atoms with E-state index >= 15 is 0 Å². The summed E-state index contributed by atoms with van der Waals surface area (Å²) in [5.74, 6) is 0.154. The van der Waals surface area contributed by atoms with E-state index in [4.69, 9.17) is 4.74 Å². The van der Waals surface area contributed by atoms with Crippen LogP contribution < -0.4 is 0 Å². The summed E-state index contributed by atoms with van der Waals surface area (Å²) in [4.78, 5) is 15.3. The molecular formula is C20H19NO2. The smallest absolute Gasteiger partial charge is 0.191 e. The summed E-state index contributed by atoms with van der Waals surface area (Å²) >= 11 is 0. The van der Waals surface area contributed by atoms with Crippen molar-refractivity contribution in [2.24, 2.45) is 0 Å². The molecule has 0 N–H and O–H groups in total. The lowest BCUT2D eigenvalue weighted by Crippen LogP contribution is -2.39. The number of fused-ring (bicyclic) bond motifs is 1. The molecule has 2 aromatic carbocycles. The van der Waals surface area contributed by atoms with Crippen LogP contribution in [0.1, 0.15) is 27.5 Å². The maximum Gasteiger partial charge on any atom is 0.191 e. The van der Waals surface area contributed by atoms with Crippen LogP contribution in [0.15, 0.2) is 60.2 Å². The molecule has 0 saturated carbocycles. The Morgan fingerprint density at radius 2 is 1.65 bits per heavy atom. The Morgan fingerprint density at radius 1 is 0.957 bits per heavy atom. The van der Waals surface area contributed by atoms with E-state index in [1.807, 2.05) is 54.6 Å². The highest BCUT2D eigenvalue weighted by Crippen LogP contribution is 2.41. The van der Waals surface area contributed by atoms with Crippen molar-refractivity contribution in [2.75, 3.05) is 26.3 Å². The third-order valence-corrected chi connectivity index (χ3v) is 4.59. The molecule has 0 radical (unpaired) electrons. The standard InChI is InChI=1S/C20H19NO2/c22-20-17-9-5-4-8-16(17)19(21-10-12-23-13-11-21)18(20)14-15-6-2-1-3-7-15/h1-9,14,19H,10-13H2. The van der Waals surface area contributed by atoms with E-state index in [2.05, 4.69) is 11.0 Å². The van der Waals surface area contributed by atoms with Crippen molar-refractivity contribution < 1.29 is 9.53 Å². The molecule has 2 aromatic rings. The number of carbonyl (C=O) groups is 1. The summed E-state index contributed by atoms with van der Waals surface area (Å²) in [5.41, 5.74) is 3.91. The fraction of sp³-hybridized carbons (Fsp3) is 0.250. The molecule has 1 saturated heterocycles. The quantitative estimate of drug-likeness (QED) is 0.797. The van der Waals surface area contributed by atoms with E-state index in [9.17, 15) is 4.79 Å². The number of rotatable bonds is 2. The van der Waals surface area contributed by atoms with E-state index in [-0.39, 0.29) is 11.8 Å². The number of carbonyl (C=O) groups excluding carboxylic acids is 1. The summed E-state index contributed by atoms with van der Waals surface area (Å²) in [6.45, 7) is 3.17. The summed E-state index contributed by atoms with van der Waals surface area (Å²) in [5, 5.41) is 0. The third-order valence-electron chi connectivity index (χ3n) is 4.59. The fourth-order valence-electron chi connectivity index (χ4n) is 3.49. The van der Waals surface area contributed by atoms with Crippen molar-refractivity contribution in [1.29, 1.82) is 0 Å². The molecule has 23 heavy (non-hydrogen) atoms. The second kappa shape index (κ2) is 6.11. The topological polar surface area (TPSA) is 29.5 Å². The van der Waals surface area contributed by atoms with Crippen LogP contribution in [-0.4, -0.2) is 37.0 Å². The average Bonchev–Trinajstić information content (AvgIpc) is 2.89. The first-order chi connectivity index (χ1) is 11.3. The zero-order valence-corrected chi connectivity index (χ0v) is 12.9. The van der Waals surface area contributed by atoms with E-state index in [0.29, 0.717) is 0 Å². The number of benzene rings is 2. The minimum absolute atomic E-state index is 0.0443. The Bertz CT molecular complexity index is 745.